The Kier molecular flexibility index (Phi) is 42.1. The molecule has 1 unspecified atom stereocenters. The first-order valence-electron chi connectivity index (χ1n) is 23.0. The van der Waals surface area contributed by atoms with Gasteiger partial charge in [0.1, 0.15) is 13.2 Å². The van der Waals surface area contributed by atoms with E-state index in [-0.39, 0.29) is 31.1 Å². The van der Waals surface area contributed by atoms with E-state index in [1.165, 1.54) is 83.5 Å². The Balaban J connectivity index is 4.41. The molecule has 0 aliphatic rings. The first kappa shape index (κ1) is 52.9. The van der Waals surface area contributed by atoms with Crippen LogP contribution in [-0.4, -0.2) is 37.2 Å². The van der Waals surface area contributed by atoms with Gasteiger partial charge in [-0.3, -0.25) is 14.4 Å². The van der Waals surface area contributed by atoms with Crippen LogP contribution in [0.15, 0.2) is 72.9 Å². The lowest BCUT2D eigenvalue weighted by Crippen LogP contribution is -2.30. The SMILES string of the molecule is CCC\C=C/C=C\C=C/C=C\C=C/CCCCCCCC(=O)OCC(COC(=O)CCC/C=C\CCCCCC)OC(=O)CCCCCCCCCCCCC. The number of hydrogen-bond donors (Lipinski definition) is 0. The molecule has 0 fully saturated rings. The molecular weight excluding hydrogens is 697 g/mol. The Bertz CT molecular complexity index is 1080. The van der Waals surface area contributed by atoms with Crippen LogP contribution in [0.3, 0.4) is 0 Å². The number of carbonyl (C=O) groups is 3. The van der Waals surface area contributed by atoms with E-state index in [9.17, 15) is 14.4 Å². The van der Waals surface area contributed by atoms with Gasteiger partial charge in [-0.05, 0) is 57.8 Å². The fourth-order valence-corrected chi connectivity index (χ4v) is 6.06. The highest BCUT2D eigenvalue weighted by atomic mass is 16.6. The van der Waals surface area contributed by atoms with E-state index in [4.69, 9.17) is 14.2 Å². The van der Waals surface area contributed by atoms with Crippen LogP contribution in [0.5, 0.6) is 0 Å². The van der Waals surface area contributed by atoms with E-state index in [0.717, 1.165) is 77.0 Å². The Morgan fingerprint density at radius 2 is 0.714 bits per heavy atom. The maximum atomic E-state index is 12.7. The average molecular weight is 781 g/mol. The van der Waals surface area contributed by atoms with Crippen LogP contribution in [0.2, 0.25) is 0 Å². The lowest BCUT2D eigenvalue weighted by molar-refractivity contribution is -0.167. The molecule has 0 saturated carbocycles. The molecule has 320 valence electrons. The summed E-state index contributed by atoms with van der Waals surface area (Å²) >= 11 is 0. The molecule has 0 aliphatic carbocycles. The summed E-state index contributed by atoms with van der Waals surface area (Å²) in [6.45, 7) is 6.44. The van der Waals surface area contributed by atoms with Crippen LogP contribution in [0.1, 0.15) is 207 Å². The van der Waals surface area contributed by atoms with Gasteiger partial charge in [0.2, 0.25) is 0 Å². The topological polar surface area (TPSA) is 78.9 Å². The number of carbonyl (C=O) groups excluding carboxylic acids is 3. The molecule has 1 atom stereocenters. The molecule has 0 rings (SSSR count). The van der Waals surface area contributed by atoms with Gasteiger partial charge in [-0.2, -0.15) is 0 Å². The Morgan fingerprint density at radius 1 is 0.357 bits per heavy atom. The van der Waals surface area contributed by atoms with Gasteiger partial charge in [-0.25, -0.2) is 0 Å². The molecule has 0 radical (unpaired) electrons. The molecule has 6 heteroatoms. The summed E-state index contributed by atoms with van der Waals surface area (Å²) < 4.78 is 16.6. The van der Waals surface area contributed by atoms with Crippen LogP contribution in [0.25, 0.3) is 0 Å². The molecule has 0 bridgehead atoms. The minimum Gasteiger partial charge on any atom is -0.462 e. The molecule has 0 aromatic heterocycles. The molecule has 0 heterocycles. The number of rotatable bonds is 40. The van der Waals surface area contributed by atoms with Crippen molar-refractivity contribution in [2.24, 2.45) is 0 Å². The zero-order valence-corrected chi connectivity index (χ0v) is 36.4. The maximum absolute atomic E-state index is 12.7. The molecule has 0 N–H and O–H groups in total. The molecule has 0 saturated heterocycles. The van der Waals surface area contributed by atoms with Gasteiger partial charge in [0.25, 0.3) is 0 Å². The predicted octanol–water partition coefficient (Wildman–Crippen LogP) is 14.7. The van der Waals surface area contributed by atoms with Crippen LogP contribution in [0, 0.1) is 0 Å². The van der Waals surface area contributed by atoms with E-state index in [1.54, 1.807) is 0 Å². The van der Waals surface area contributed by atoms with Crippen LogP contribution < -0.4 is 0 Å². The van der Waals surface area contributed by atoms with Crippen molar-refractivity contribution in [3.8, 4) is 0 Å². The van der Waals surface area contributed by atoms with E-state index in [2.05, 4.69) is 57.2 Å². The van der Waals surface area contributed by atoms with Gasteiger partial charge in [0, 0.05) is 19.3 Å². The Labute approximate surface area is 344 Å². The Morgan fingerprint density at radius 3 is 1.21 bits per heavy atom. The second-order valence-corrected chi connectivity index (χ2v) is 15.1. The standard InChI is InChI=1S/C50H84O6/c1-4-7-10-13-16-19-21-22-23-24-25-26-27-29-31-34-37-40-43-49(52)55-46-47(45-54-48(51)42-39-36-33-30-18-15-12-9-6-3)56-50(53)44-41-38-35-32-28-20-17-14-11-8-5-2/h10,13,16,19,21-26,30,33,47H,4-9,11-12,14-15,17-18,20,27-29,31-32,34-46H2,1-3H3/b13-10-,19-16-,22-21-,24-23-,26-25-,33-30-. The first-order valence-corrected chi connectivity index (χ1v) is 23.0. The highest BCUT2D eigenvalue weighted by Crippen LogP contribution is 2.14. The molecule has 0 aliphatic heterocycles. The van der Waals surface area contributed by atoms with Crippen molar-refractivity contribution in [2.75, 3.05) is 13.2 Å². The summed E-state index contributed by atoms with van der Waals surface area (Å²) in [6.07, 6.45) is 54.6. The van der Waals surface area contributed by atoms with Crippen molar-refractivity contribution in [1.29, 1.82) is 0 Å². The lowest BCUT2D eigenvalue weighted by Gasteiger charge is -2.18. The monoisotopic (exact) mass is 781 g/mol. The van der Waals surface area contributed by atoms with Crippen LogP contribution in [0.4, 0.5) is 0 Å². The average Bonchev–Trinajstić information content (AvgIpc) is 3.19. The van der Waals surface area contributed by atoms with E-state index < -0.39 is 6.10 Å². The van der Waals surface area contributed by atoms with E-state index in [1.807, 2.05) is 36.5 Å². The second-order valence-electron chi connectivity index (χ2n) is 15.1. The first-order chi connectivity index (χ1) is 27.5. The highest BCUT2D eigenvalue weighted by molar-refractivity contribution is 5.71. The maximum Gasteiger partial charge on any atom is 0.306 e. The summed E-state index contributed by atoms with van der Waals surface area (Å²) in [6, 6.07) is 0. The highest BCUT2D eigenvalue weighted by Gasteiger charge is 2.19. The molecule has 56 heavy (non-hydrogen) atoms. The minimum absolute atomic E-state index is 0.0967. The molecule has 0 amide bonds. The van der Waals surface area contributed by atoms with E-state index >= 15 is 0 Å². The molecular formula is C50H84O6. The van der Waals surface area contributed by atoms with Gasteiger partial charge >= 0.3 is 17.9 Å². The molecule has 0 aromatic carbocycles. The van der Waals surface area contributed by atoms with Crippen molar-refractivity contribution < 1.29 is 28.6 Å². The van der Waals surface area contributed by atoms with Crippen molar-refractivity contribution >= 4 is 17.9 Å². The van der Waals surface area contributed by atoms with Gasteiger partial charge in [0.05, 0.1) is 0 Å². The van der Waals surface area contributed by atoms with E-state index in [0.29, 0.717) is 25.7 Å². The van der Waals surface area contributed by atoms with Crippen LogP contribution >= 0.6 is 0 Å². The van der Waals surface area contributed by atoms with Gasteiger partial charge in [0.15, 0.2) is 6.10 Å². The number of esters is 3. The summed E-state index contributed by atoms with van der Waals surface area (Å²) in [4.78, 5) is 37.7. The third-order valence-corrected chi connectivity index (χ3v) is 9.54. The largest absolute Gasteiger partial charge is 0.462 e. The van der Waals surface area contributed by atoms with Crippen molar-refractivity contribution in [3.63, 3.8) is 0 Å². The van der Waals surface area contributed by atoms with Gasteiger partial charge in [-0.15, -0.1) is 0 Å². The fraction of sp³-hybridized carbons (Fsp3) is 0.700. The smallest absolute Gasteiger partial charge is 0.306 e. The third-order valence-electron chi connectivity index (χ3n) is 9.54. The number of allylic oxidation sites excluding steroid dienone is 12. The second kappa shape index (κ2) is 44.6. The van der Waals surface area contributed by atoms with Gasteiger partial charge < -0.3 is 14.2 Å². The predicted molar refractivity (Wildman–Crippen MR) is 238 cm³/mol. The van der Waals surface area contributed by atoms with Crippen molar-refractivity contribution in [3.05, 3.63) is 72.9 Å². The summed E-state index contributed by atoms with van der Waals surface area (Å²) in [7, 11) is 0. The zero-order chi connectivity index (χ0) is 40.8. The molecule has 6 nitrogen and oxygen atoms in total. The summed E-state index contributed by atoms with van der Waals surface area (Å²) in [5.41, 5.74) is 0. The van der Waals surface area contributed by atoms with Crippen LogP contribution in [-0.2, 0) is 28.6 Å². The summed E-state index contributed by atoms with van der Waals surface area (Å²) in [5, 5.41) is 0. The minimum atomic E-state index is -0.792. The number of unbranched alkanes of at least 4 members (excludes halogenated alkanes) is 21. The van der Waals surface area contributed by atoms with Crippen molar-refractivity contribution in [2.45, 2.75) is 213 Å². The molecule has 0 spiro atoms. The Hall–Kier alpha value is -3.15. The number of ether oxygens (including phenoxy) is 3. The normalized spacial score (nSPS) is 12.7. The number of hydrogen-bond acceptors (Lipinski definition) is 6. The van der Waals surface area contributed by atoms with Gasteiger partial charge in [-0.1, -0.05) is 203 Å². The summed E-state index contributed by atoms with van der Waals surface area (Å²) in [5.74, 6) is -0.960. The van der Waals surface area contributed by atoms with Crippen molar-refractivity contribution in [1.82, 2.24) is 0 Å². The third kappa shape index (κ3) is 42.0. The zero-order valence-electron chi connectivity index (χ0n) is 36.4. The fourth-order valence-electron chi connectivity index (χ4n) is 6.06. The lowest BCUT2D eigenvalue weighted by atomic mass is 10.1. The molecule has 0 aromatic rings. The quantitative estimate of drug-likeness (QED) is 0.0203.